The van der Waals surface area contributed by atoms with E-state index in [1.165, 1.54) is 24.5 Å². The summed E-state index contributed by atoms with van der Waals surface area (Å²) in [5.74, 6) is 1.14. The quantitative estimate of drug-likeness (QED) is 0.691. The van der Waals surface area contributed by atoms with E-state index in [4.69, 9.17) is 4.98 Å². The van der Waals surface area contributed by atoms with Gasteiger partial charge in [-0.25, -0.2) is 9.97 Å². The summed E-state index contributed by atoms with van der Waals surface area (Å²) in [4.78, 5) is 19.8. The van der Waals surface area contributed by atoms with Gasteiger partial charge >= 0.3 is 0 Å². The summed E-state index contributed by atoms with van der Waals surface area (Å²) in [6, 6.07) is 6.54. The minimum Gasteiger partial charge on any atom is -0.307 e. The second-order valence-electron chi connectivity index (χ2n) is 5.54. The first-order chi connectivity index (χ1) is 10.2. The van der Waals surface area contributed by atoms with E-state index in [2.05, 4.69) is 10.3 Å². The maximum absolute atomic E-state index is 10.9. The van der Waals surface area contributed by atoms with Crippen LogP contribution in [0.25, 0.3) is 11.4 Å². The van der Waals surface area contributed by atoms with Crippen LogP contribution < -0.4 is 5.32 Å². The van der Waals surface area contributed by atoms with Crippen molar-refractivity contribution in [3.8, 4) is 11.4 Å². The fourth-order valence-electron chi connectivity index (χ4n) is 2.78. The topological polar surface area (TPSA) is 81.0 Å². The van der Waals surface area contributed by atoms with Crippen molar-refractivity contribution in [2.24, 2.45) is 0 Å². The van der Waals surface area contributed by atoms with Gasteiger partial charge in [-0.3, -0.25) is 10.1 Å². The van der Waals surface area contributed by atoms with E-state index in [1.807, 2.05) is 6.07 Å². The SMILES string of the molecule is O=[N+]([O-])c1cccc(-c2nc3c(c(C4CC4)n2)CNC3)c1. The van der Waals surface area contributed by atoms with Crippen LogP contribution in [0.1, 0.15) is 35.7 Å². The highest BCUT2D eigenvalue weighted by Gasteiger charge is 2.31. The Labute approximate surface area is 121 Å². The molecule has 2 aromatic rings. The number of fused-ring (bicyclic) bond motifs is 1. The molecule has 106 valence electrons. The van der Waals surface area contributed by atoms with E-state index < -0.39 is 0 Å². The van der Waals surface area contributed by atoms with Crippen molar-refractivity contribution in [1.29, 1.82) is 0 Å². The maximum Gasteiger partial charge on any atom is 0.270 e. The van der Waals surface area contributed by atoms with Gasteiger partial charge in [-0.1, -0.05) is 12.1 Å². The number of rotatable bonds is 3. The lowest BCUT2D eigenvalue weighted by Crippen LogP contribution is -2.03. The van der Waals surface area contributed by atoms with Crippen LogP contribution in [0.2, 0.25) is 0 Å². The predicted molar refractivity (Wildman–Crippen MR) is 76.6 cm³/mol. The molecule has 1 aliphatic carbocycles. The Bertz CT molecular complexity index is 740. The number of nitrogens with zero attached hydrogens (tertiary/aromatic N) is 3. The Hall–Kier alpha value is -2.34. The normalized spacial score (nSPS) is 16.8. The van der Waals surface area contributed by atoms with Crippen LogP contribution in [-0.4, -0.2) is 14.9 Å². The number of hydrogen-bond donors (Lipinski definition) is 1. The molecule has 1 saturated carbocycles. The van der Waals surface area contributed by atoms with Crippen LogP contribution in [0.3, 0.4) is 0 Å². The molecule has 1 aromatic carbocycles. The molecule has 1 fully saturated rings. The van der Waals surface area contributed by atoms with Crippen LogP contribution in [-0.2, 0) is 13.1 Å². The van der Waals surface area contributed by atoms with Crippen molar-refractivity contribution < 1.29 is 4.92 Å². The van der Waals surface area contributed by atoms with Crippen LogP contribution in [0.5, 0.6) is 0 Å². The molecule has 0 bridgehead atoms. The number of aromatic nitrogens is 2. The summed E-state index contributed by atoms with van der Waals surface area (Å²) in [7, 11) is 0. The molecular weight excluding hydrogens is 268 g/mol. The Morgan fingerprint density at radius 1 is 1.24 bits per heavy atom. The van der Waals surface area contributed by atoms with Crippen molar-refractivity contribution in [3.63, 3.8) is 0 Å². The maximum atomic E-state index is 10.9. The highest BCUT2D eigenvalue weighted by molar-refractivity contribution is 5.60. The van der Waals surface area contributed by atoms with Gasteiger partial charge in [0.15, 0.2) is 5.82 Å². The number of nitro groups is 1. The zero-order valence-electron chi connectivity index (χ0n) is 11.4. The number of benzene rings is 1. The number of nitrogens with one attached hydrogen (secondary N) is 1. The molecule has 6 heteroatoms. The third-order valence-corrected chi connectivity index (χ3v) is 4.00. The van der Waals surface area contributed by atoms with Gasteiger partial charge in [-0.15, -0.1) is 0 Å². The molecule has 0 unspecified atom stereocenters. The van der Waals surface area contributed by atoms with Crippen molar-refractivity contribution in [3.05, 3.63) is 51.3 Å². The van der Waals surface area contributed by atoms with Crippen molar-refractivity contribution >= 4 is 5.69 Å². The highest BCUT2D eigenvalue weighted by Crippen LogP contribution is 2.42. The van der Waals surface area contributed by atoms with Crippen molar-refractivity contribution in [2.45, 2.75) is 31.8 Å². The standard InChI is InChI=1S/C15H14N4O2/c20-19(21)11-3-1-2-10(6-11)15-17-13-8-16-7-12(13)14(18-15)9-4-5-9/h1-3,6,9,16H,4-5,7-8H2. The molecule has 21 heavy (non-hydrogen) atoms. The van der Waals surface area contributed by atoms with Gasteiger partial charge in [-0.05, 0) is 12.8 Å². The van der Waals surface area contributed by atoms with E-state index in [0.717, 1.165) is 24.5 Å². The summed E-state index contributed by atoms with van der Waals surface area (Å²) in [5.41, 5.74) is 4.18. The second-order valence-corrected chi connectivity index (χ2v) is 5.54. The first-order valence-electron chi connectivity index (χ1n) is 7.07. The van der Waals surface area contributed by atoms with Crippen LogP contribution in [0.15, 0.2) is 24.3 Å². The molecule has 1 aliphatic heterocycles. The molecular formula is C15H14N4O2. The van der Waals surface area contributed by atoms with Gasteiger partial charge in [0.25, 0.3) is 5.69 Å². The third-order valence-electron chi connectivity index (χ3n) is 4.00. The van der Waals surface area contributed by atoms with E-state index >= 15 is 0 Å². The van der Waals surface area contributed by atoms with Crippen LogP contribution in [0.4, 0.5) is 5.69 Å². The molecule has 1 aromatic heterocycles. The lowest BCUT2D eigenvalue weighted by molar-refractivity contribution is -0.384. The molecule has 0 saturated heterocycles. The van der Waals surface area contributed by atoms with Crippen molar-refractivity contribution in [2.75, 3.05) is 0 Å². The van der Waals surface area contributed by atoms with Gasteiger partial charge in [-0.2, -0.15) is 0 Å². The Kier molecular flexibility index (Phi) is 2.71. The lowest BCUT2D eigenvalue weighted by Gasteiger charge is -2.09. The minimum atomic E-state index is -0.389. The predicted octanol–water partition coefficient (Wildman–Crippen LogP) is 2.53. The summed E-state index contributed by atoms with van der Waals surface area (Å²) in [6.45, 7) is 1.58. The zero-order valence-corrected chi connectivity index (χ0v) is 11.4. The van der Waals surface area contributed by atoms with Gasteiger partial charge in [0.2, 0.25) is 0 Å². The monoisotopic (exact) mass is 282 g/mol. The molecule has 4 rings (SSSR count). The highest BCUT2D eigenvalue weighted by atomic mass is 16.6. The number of hydrogen-bond acceptors (Lipinski definition) is 5. The zero-order chi connectivity index (χ0) is 14.4. The molecule has 2 heterocycles. The van der Waals surface area contributed by atoms with Gasteiger partial charge < -0.3 is 5.32 Å². The summed E-state index contributed by atoms with van der Waals surface area (Å²) < 4.78 is 0. The summed E-state index contributed by atoms with van der Waals surface area (Å²) in [6.07, 6.45) is 2.36. The Morgan fingerprint density at radius 3 is 2.86 bits per heavy atom. The number of nitro benzene ring substituents is 1. The fraction of sp³-hybridized carbons (Fsp3) is 0.333. The van der Waals surface area contributed by atoms with Gasteiger partial charge in [0.05, 0.1) is 16.3 Å². The Morgan fingerprint density at radius 2 is 2.10 bits per heavy atom. The first-order valence-corrected chi connectivity index (χ1v) is 7.07. The molecule has 1 N–H and O–H groups in total. The van der Waals surface area contributed by atoms with E-state index in [0.29, 0.717) is 17.3 Å². The van der Waals surface area contributed by atoms with E-state index in [1.54, 1.807) is 12.1 Å². The van der Waals surface area contributed by atoms with Crippen LogP contribution >= 0.6 is 0 Å². The van der Waals surface area contributed by atoms with E-state index in [9.17, 15) is 10.1 Å². The molecule has 6 nitrogen and oxygen atoms in total. The summed E-state index contributed by atoms with van der Waals surface area (Å²) >= 11 is 0. The first kappa shape index (κ1) is 12.4. The lowest BCUT2D eigenvalue weighted by atomic mass is 10.1. The van der Waals surface area contributed by atoms with Gasteiger partial charge in [0.1, 0.15) is 0 Å². The molecule has 0 radical (unpaired) electrons. The average molecular weight is 282 g/mol. The van der Waals surface area contributed by atoms with Gasteiger partial charge in [0, 0.05) is 42.3 Å². The largest absolute Gasteiger partial charge is 0.307 e. The molecule has 0 amide bonds. The second kappa shape index (κ2) is 4.60. The summed E-state index contributed by atoms with van der Waals surface area (Å²) in [5, 5.41) is 14.2. The van der Waals surface area contributed by atoms with E-state index in [-0.39, 0.29) is 10.6 Å². The molecule has 2 aliphatic rings. The smallest absolute Gasteiger partial charge is 0.270 e. The number of non-ortho nitro benzene ring substituents is 1. The third kappa shape index (κ3) is 2.17. The fourth-order valence-corrected chi connectivity index (χ4v) is 2.78. The minimum absolute atomic E-state index is 0.0719. The average Bonchev–Trinajstić information content (AvgIpc) is 3.23. The molecule has 0 spiro atoms. The Balaban J connectivity index is 1.83. The van der Waals surface area contributed by atoms with Crippen LogP contribution in [0, 0.1) is 10.1 Å². The molecule has 0 atom stereocenters. The van der Waals surface area contributed by atoms with Crippen molar-refractivity contribution in [1.82, 2.24) is 15.3 Å².